The molecule has 1 amide bonds. The molecule has 2 aromatic rings. The third-order valence-electron chi connectivity index (χ3n) is 5.33. The highest BCUT2D eigenvalue weighted by molar-refractivity contribution is 5.91. The highest BCUT2D eigenvalue weighted by Gasteiger charge is 2.33. The molecule has 3 rings (SSSR count). The quantitative estimate of drug-likeness (QED) is 0.482. The van der Waals surface area contributed by atoms with Crippen LogP contribution in [0.1, 0.15) is 62.8 Å². The number of alkyl halides is 3. The van der Waals surface area contributed by atoms with Crippen LogP contribution in [-0.4, -0.2) is 24.6 Å². The number of nitrogens with zero attached hydrogens (tertiary/aromatic N) is 1. The number of rotatable bonds is 5. The topological polar surface area (TPSA) is 48.0 Å². The SMILES string of the molecule is Cc1c(OCc2ccc(C(C)C)c(OC(F)(F)F)c2)ccc2c1CCN2C(=O)OC(C)(C)C. The van der Waals surface area contributed by atoms with Crippen LogP contribution >= 0.6 is 0 Å². The molecule has 0 saturated heterocycles. The third kappa shape index (κ3) is 6.12. The zero-order valence-corrected chi connectivity index (χ0v) is 19.8. The predicted molar refractivity (Wildman–Crippen MR) is 120 cm³/mol. The number of benzene rings is 2. The smallest absolute Gasteiger partial charge is 0.489 e. The fraction of sp³-hybridized carbons (Fsp3) is 0.480. The molecule has 1 aliphatic rings. The minimum Gasteiger partial charge on any atom is -0.489 e. The van der Waals surface area contributed by atoms with Crippen LogP contribution in [0.3, 0.4) is 0 Å². The Morgan fingerprint density at radius 1 is 1.09 bits per heavy atom. The molecule has 8 heteroatoms. The van der Waals surface area contributed by atoms with Crippen molar-refractivity contribution in [2.45, 2.75) is 72.5 Å². The van der Waals surface area contributed by atoms with Crippen LogP contribution in [0, 0.1) is 6.92 Å². The number of carbonyl (C=O) groups is 1. The number of hydrogen-bond acceptors (Lipinski definition) is 4. The second-order valence-corrected chi connectivity index (χ2v) is 9.43. The lowest BCUT2D eigenvalue weighted by molar-refractivity contribution is -0.275. The molecule has 0 radical (unpaired) electrons. The van der Waals surface area contributed by atoms with Crippen LogP contribution in [-0.2, 0) is 17.8 Å². The largest absolute Gasteiger partial charge is 0.573 e. The fourth-order valence-electron chi connectivity index (χ4n) is 3.82. The molecule has 33 heavy (non-hydrogen) atoms. The molecule has 0 aromatic heterocycles. The highest BCUT2D eigenvalue weighted by atomic mass is 19.4. The molecule has 0 bridgehead atoms. The van der Waals surface area contributed by atoms with Gasteiger partial charge in [0.2, 0.25) is 0 Å². The molecule has 1 aliphatic heterocycles. The lowest BCUT2D eigenvalue weighted by atomic mass is 10.0. The number of fused-ring (bicyclic) bond motifs is 1. The molecule has 180 valence electrons. The standard InChI is InChI=1S/C25H30F3NO4/c1-15(2)18-8-7-17(13-22(18)32-25(26,27)28)14-31-21-10-9-20-19(16(21)3)11-12-29(20)23(30)33-24(4,5)6/h7-10,13,15H,11-12,14H2,1-6H3. The Morgan fingerprint density at radius 2 is 1.79 bits per heavy atom. The Bertz CT molecular complexity index is 1030. The van der Waals surface area contributed by atoms with Crippen molar-refractivity contribution in [2.75, 3.05) is 11.4 Å². The van der Waals surface area contributed by atoms with Gasteiger partial charge >= 0.3 is 12.5 Å². The first-order chi connectivity index (χ1) is 15.2. The van der Waals surface area contributed by atoms with Gasteiger partial charge in [-0.25, -0.2) is 4.79 Å². The van der Waals surface area contributed by atoms with E-state index in [0.29, 0.717) is 29.8 Å². The van der Waals surface area contributed by atoms with Gasteiger partial charge in [0.25, 0.3) is 0 Å². The first-order valence-electron chi connectivity index (χ1n) is 10.9. The molecule has 0 N–H and O–H groups in total. The maximum atomic E-state index is 12.8. The maximum absolute atomic E-state index is 12.8. The normalized spacial score (nSPS) is 13.8. The summed E-state index contributed by atoms with van der Waals surface area (Å²) < 4.78 is 54.2. The van der Waals surface area contributed by atoms with E-state index in [9.17, 15) is 18.0 Å². The molecule has 0 aliphatic carbocycles. The lowest BCUT2D eigenvalue weighted by Crippen LogP contribution is -2.35. The lowest BCUT2D eigenvalue weighted by Gasteiger charge is -2.25. The Balaban J connectivity index is 1.77. The third-order valence-corrected chi connectivity index (χ3v) is 5.33. The number of ether oxygens (including phenoxy) is 3. The molecular weight excluding hydrogens is 435 g/mol. The van der Waals surface area contributed by atoms with E-state index in [2.05, 4.69) is 4.74 Å². The van der Waals surface area contributed by atoms with E-state index in [1.54, 1.807) is 23.1 Å². The van der Waals surface area contributed by atoms with Crippen molar-refractivity contribution in [1.82, 2.24) is 0 Å². The number of hydrogen-bond donors (Lipinski definition) is 0. The second-order valence-electron chi connectivity index (χ2n) is 9.43. The van der Waals surface area contributed by atoms with E-state index in [1.165, 1.54) is 6.07 Å². The first kappa shape index (κ1) is 24.7. The monoisotopic (exact) mass is 465 g/mol. The van der Waals surface area contributed by atoms with Crippen LogP contribution < -0.4 is 14.4 Å². The van der Waals surface area contributed by atoms with Gasteiger partial charge in [0.15, 0.2) is 0 Å². The number of halogens is 3. The number of anilines is 1. The fourth-order valence-corrected chi connectivity index (χ4v) is 3.82. The molecular formula is C25H30F3NO4. The van der Waals surface area contributed by atoms with Gasteiger partial charge in [-0.05, 0) is 80.5 Å². The Kier molecular flexibility index (Phi) is 6.86. The minimum atomic E-state index is -4.76. The predicted octanol–water partition coefficient (Wildman–Crippen LogP) is 6.89. The summed E-state index contributed by atoms with van der Waals surface area (Å²) in [7, 11) is 0. The Hall–Kier alpha value is -2.90. The van der Waals surface area contributed by atoms with Crippen LogP contribution in [0.5, 0.6) is 11.5 Å². The summed E-state index contributed by atoms with van der Waals surface area (Å²) in [6.07, 6.45) is -4.49. The van der Waals surface area contributed by atoms with Crippen molar-refractivity contribution in [3.05, 3.63) is 52.6 Å². The first-order valence-corrected chi connectivity index (χ1v) is 10.9. The van der Waals surface area contributed by atoms with Gasteiger partial charge in [0.1, 0.15) is 23.7 Å². The van der Waals surface area contributed by atoms with Gasteiger partial charge in [0, 0.05) is 6.54 Å². The van der Waals surface area contributed by atoms with Gasteiger partial charge in [-0.3, -0.25) is 4.90 Å². The molecule has 0 spiro atoms. The summed E-state index contributed by atoms with van der Waals surface area (Å²) in [4.78, 5) is 14.1. The Labute approximate surface area is 192 Å². The van der Waals surface area contributed by atoms with Crippen LogP contribution in [0.25, 0.3) is 0 Å². The summed E-state index contributed by atoms with van der Waals surface area (Å²) in [6, 6.07) is 8.33. The average molecular weight is 466 g/mol. The molecule has 0 fully saturated rings. The van der Waals surface area contributed by atoms with Gasteiger partial charge in [0.05, 0.1) is 5.69 Å². The molecule has 2 aromatic carbocycles. The van der Waals surface area contributed by atoms with Crippen molar-refractivity contribution in [1.29, 1.82) is 0 Å². The van der Waals surface area contributed by atoms with Crippen LogP contribution in [0.15, 0.2) is 30.3 Å². The van der Waals surface area contributed by atoms with Gasteiger partial charge in [-0.15, -0.1) is 13.2 Å². The number of amides is 1. The summed E-state index contributed by atoms with van der Waals surface area (Å²) in [5.74, 6) is 0.285. The zero-order chi connectivity index (χ0) is 24.6. The van der Waals surface area contributed by atoms with Crippen molar-refractivity contribution in [2.24, 2.45) is 0 Å². The van der Waals surface area contributed by atoms with E-state index in [-0.39, 0.29) is 18.3 Å². The maximum Gasteiger partial charge on any atom is 0.573 e. The molecule has 0 saturated carbocycles. The van der Waals surface area contributed by atoms with E-state index in [4.69, 9.17) is 9.47 Å². The van der Waals surface area contributed by atoms with Crippen molar-refractivity contribution >= 4 is 11.8 Å². The minimum absolute atomic E-state index is 0.0853. The van der Waals surface area contributed by atoms with Gasteiger partial charge in [-0.1, -0.05) is 26.0 Å². The zero-order valence-electron chi connectivity index (χ0n) is 19.8. The van der Waals surface area contributed by atoms with Crippen LogP contribution in [0.2, 0.25) is 0 Å². The molecule has 5 nitrogen and oxygen atoms in total. The van der Waals surface area contributed by atoms with Crippen LogP contribution in [0.4, 0.5) is 23.7 Å². The summed E-state index contributed by atoms with van der Waals surface area (Å²) >= 11 is 0. The van der Waals surface area contributed by atoms with Crippen molar-refractivity contribution < 1.29 is 32.2 Å². The van der Waals surface area contributed by atoms with E-state index in [1.807, 2.05) is 47.6 Å². The highest BCUT2D eigenvalue weighted by Crippen LogP contribution is 2.37. The van der Waals surface area contributed by atoms with Gasteiger partial charge < -0.3 is 14.2 Å². The van der Waals surface area contributed by atoms with Crippen molar-refractivity contribution in [3.8, 4) is 11.5 Å². The number of carbonyl (C=O) groups excluding carboxylic acids is 1. The molecule has 0 unspecified atom stereocenters. The van der Waals surface area contributed by atoms with Crippen molar-refractivity contribution in [3.63, 3.8) is 0 Å². The summed E-state index contributed by atoms with van der Waals surface area (Å²) in [6.45, 7) is 11.6. The molecule has 0 atom stereocenters. The summed E-state index contributed by atoms with van der Waals surface area (Å²) in [5, 5.41) is 0. The average Bonchev–Trinajstić information content (AvgIpc) is 3.10. The van der Waals surface area contributed by atoms with E-state index >= 15 is 0 Å². The van der Waals surface area contributed by atoms with Gasteiger partial charge in [-0.2, -0.15) is 0 Å². The summed E-state index contributed by atoms with van der Waals surface area (Å²) in [5.41, 5.74) is 3.13. The second kappa shape index (κ2) is 9.15. The molecule has 1 heterocycles. The Morgan fingerprint density at radius 3 is 2.39 bits per heavy atom. The van der Waals surface area contributed by atoms with E-state index < -0.39 is 18.1 Å². The van der Waals surface area contributed by atoms with E-state index in [0.717, 1.165) is 16.8 Å².